The van der Waals surface area contributed by atoms with Gasteiger partial charge in [0.2, 0.25) is 0 Å². The van der Waals surface area contributed by atoms with Crippen LogP contribution in [0.4, 0.5) is 0 Å². The second-order valence-corrected chi connectivity index (χ2v) is 8.53. The fourth-order valence-corrected chi connectivity index (χ4v) is 3.75. The second-order valence-electron chi connectivity index (χ2n) is 6.61. The number of allylic oxidation sites excluding steroid dienone is 1. The smallest absolute Gasteiger partial charge is 0.306 e. The van der Waals surface area contributed by atoms with Crippen LogP contribution in [-0.4, -0.2) is 39.0 Å². The minimum Gasteiger partial charge on any atom is -0.481 e. The lowest BCUT2D eigenvalue weighted by atomic mass is 9.94. The number of quaternary nitrogens is 1. The summed E-state index contributed by atoms with van der Waals surface area (Å²) in [6.07, 6.45) is 11.1. The van der Waals surface area contributed by atoms with Crippen LogP contribution in [0.25, 0.3) is 5.84 Å². The van der Waals surface area contributed by atoms with Crippen LogP contribution >= 0.6 is 18.8 Å². The molecule has 0 spiro atoms. The van der Waals surface area contributed by atoms with E-state index >= 15 is 0 Å². The Morgan fingerprint density at radius 2 is 2.13 bits per heavy atom. The number of hydrogen-bond donors (Lipinski definition) is 1. The normalized spacial score (nSPS) is 26.5. The van der Waals surface area contributed by atoms with Gasteiger partial charge >= 0.3 is 5.97 Å². The fourth-order valence-electron chi connectivity index (χ4n) is 3.38. The number of aliphatic imine (C=N–C) groups is 1. The summed E-state index contributed by atoms with van der Waals surface area (Å²) in [5.74, 6) is 7.41. The summed E-state index contributed by atoms with van der Waals surface area (Å²) in [4.78, 5) is 15.8. The van der Waals surface area contributed by atoms with Gasteiger partial charge in [-0.3, -0.25) is 9.24 Å². The molecule has 4 atom stereocenters. The van der Waals surface area contributed by atoms with E-state index in [1.165, 1.54) is 19.3 Å². The SMILES string of the molecule is [NH-][N+]1(C2CCCCC2)C=NC(C[C@H](CCCN(P)P)C(=O)O)=C1. The first-order valence-electron chi connectivity index (χ1n) is 8.30. The van der Waals surface area contributed by atoms with Gasteiger partial charge in [-0.1, -0.05) is 25.2 Å². The Morgan fingerprint density at radius 3 is 2.74 bits per heavy atom. The maximum absolute atomic E-state index is 11.5. The number of carboxylic acids is 1. The van der Waals surface area contributed by atoms with Gasteiger partial charge in [0.15, 0.2) is 6.34 Å². The molecule has 0 radical (unpaired) electrons. The Bertz CT molecular complexity index is 478. The molecule has 1 fully saturated rings. The summed E-state index contributed by atoms with van der Waals surface area (Å²) in [7, 11) is 5.11. The molecule has 130 valence electrons. The van der Waals surface area contributed by atoms with Crippen LogP contribution < -0.4 is 0 Å². The molecule has 2 aliphatic rings. The average Bonchev–Trinajstić information content (AvgIpc) is 2.89. The van der Waals surface area contributed by atoms with Gasteiger partial charge in [-0.15, -0.1) is 0 Å². The zero-order chi connectivity index (χ0) is 16.9. The molecule has 3 unspecified atom stereocenters. The molecule has 2 rings (SSSR count). The minimum atomic E-state index is -0.771. The van der Waals surface area contributed by atoms with Gasteiger partial charge < -0.3 is 15.5 Å². The number of hydrogen-bond acceptors (Lipinski definition) is 3. The number of carbonyl (C=O) groups is 1. The lowest BCUT2D eigenvalue weighted by Crippen LogP contribution is -2.43. The maximum atomic E-state index is 11.5. The van der Waals surface area contributed by atoms with Crippen molar-refractivity contribution in [1.29, 1.82) is 0 Å². The predicted molar refractivity (Wildman–Crippen MR) is 99.1 cm³/mol. The van der Waals surface area contributed by atoms with Crippen molar-refractivity contribution in [2.24, 2.45) is 10.9 Å². The Hall–Kier alpha value is -0.380. The van der Waals surface area contributed by atoms with Crippen molar-refractivity contribution in [3.05, 3.63) is 17.7 Å². The Morgan fingerprint density at radius 1 is 1.43 bits per heavy atom. The first-order valence-corrected chi connectivity index (χ1v) is 9.34. The van der Waals surface area contributed by atoms with E-state index in [9.17, 15) is 9.90 Å². The van der Waals surface area contributed by atoms with Gasteiger partial charge in [0.05, 0.1) is 17.7 Å². The van der Waals surface area contributed by atoms with Crippen LogP contribution in [0.1, 0.15) is 51.4 Å². The van der Waals surface area contributed by atoms with E-state index in [2.05, 4.69) is 23.8 Å². The first-order chi connectivity index (χ1) is 10.9. The molecule has 0 saturated heterocycles. The van der Waals surface area contributed by atoms with Gasteiger partial charge in [0, 0.05) is 13.0 Å². The molecule has 1 heterocycles. The molecule has 0 aromatic rings. The monoisotopic (exact) mass is 358 g/mol. The van der Waals surface area contributed by atoms with E-state index in [0.717, 1.165) is 31.5 Å². The standard InChI is InChI=1S/C15H28N4O2P2/c16-19(14-6-2-1-3-7-14)10-13(17-11-19)9-12(15(20)21)5-4-8-18(22)23/h10-12,14,16H,1-9,22-23H2,(H,20,21)/t12-,19?/m0/s1. The topological polar surface area (TPSA) is 76.7 Å². The summed E-state index contributed by atoms with van der Waals surface area (Å²) in [6, 6.07) is 0.274. The first kappa shape index (κ1) is 19.0. The second kappa shape index (κ2) is 8.64. The number of nitrogens with zero attached hydrogens (tertiary/aromatic N) is 3. The van der Waals surface area contributed by atoms with Gasteiger partial charge in [-0.05, 0) is 38.5 Å². The lowest BCUT2D eigenvalue weighted by Gasteiger charge is -2.41. The Kier molecular flexibility index (Phi) is 7.12. The highest BCUT2D eigenvalue weighted by atomic mass is 31.1. The quantitative estimate of drug-likeness (QED) is 0.530. The fraction of sp³-hybridized carbons (Fsp3) is 0.733. The third-order valence-corrected chi connectivity index (χ3v) is 5.25. The highest BCUT2D eigenvalue weighted by molar-refractivity contribution is 7.30. The lowest BCUT2D eigenvalue weighted by molar-refractivity contribution is -0.757. The van der Waals surface area contributed by atoms with E-state index in [1.807, 2.05) is 10.6 Å². The van der Waals surface area contributed by atoms with Crippen LogP contribution in [0.3, 0.4) is 0 Å². The van der Waals surface area contributed by atoms with Crippen LogP contribution in [0.15, 0.2) is 16.9 Å². The molecule has 8 heteroatoms. The third kappa shape index (κ3) is 5.58. The van der Waals surface area contributed by atoms with Crippen LogP contribution in [0.5, 0.6) is 0 Å². The van der Waals surface area contributed by atoms with E-state index < -0.39 is 11.9 Å². The van der Waals surface area contributed by atoms with Crippen molar-refractivity contribution in [1.82, 2.24) is 4.44 Å². The molecule has 1 aliphatic heterocycles. The van der Waals surface area contributed by atoms with Crippen LogP contribution in [0, 0.1) is 5.92 Å². The van der Waals surface area contributed by atoms with Crippen LogP contribution in [-0.2, 0) is 4.79 Å². The van der Waals surface area contributed by atoms with Crippen molar-refractivity contribution in [3.63, 3.8) is 0 Å². The number of carboxylic acid groups (broad SMARTS) is 1. The zero-order valence-electron chi connectivity index (χ0n) is 13.5. The Labute approximate surface area is 143 Å². The molecule has 6 nitrogen and oxygen atoms in total. The van der Waals surface area contributed by atoms with E-state index in [4.69, 9.17) is 5.84 Å². The molecule has 0 bridgehead atoms. The number of aliphatic carboxylic acids is 1. The molecular weight excluding hydrogens is 330 g/mol. The molecular formula is C15H28N4O2P2. The molecule has 0 aromatic carbocycles. The largest absolute Gasteiger partial charge is 0.481 e. The molecule has 2 N–H and O–H groups in total. The highest BCUT2D eigenvalue weighted by Crippen LogP contribution is 2.33. The van der Waals surface area contributed by atoms with Crippen molar-refractivity contribution < 1.29 is 14.5 Å². The third-order valence-electron chi connectivity index (χ3n) is 4.73. The molecule has 0 aromatic heterocycles. The summed E-state index contributed by atoms with van der Waals surface area (Å²) >= 11 is 0. The summed E-state index contributed by atoms with van der Waals surface area (Å²) < 4.78 is 1.91. The van der Waals surface area contributed by atoms with Crippen LogP contribution in [0.2, 0.25) is 0 Å². The summed E-state index contributed by atoms with van der Waals surface area (Å²) in [6.45, 7) is 0.821. The van der Waals surface area contributed by atoms with Gasteiger partial charge in [-0.2, -0.15) is 0 Å². The predicted octanol–water partition coefficient (Wildman–Crippen LogP) is 3.74. The highest BCUT2D eigenvalue weighted by Gasteiger charge is 2.32. The van der Waals surface area contributed by atoms with Gasteiger partial charge in [0.1, 0.15) is 6.20 Å². The van der Waals surface area contributed by atoms with E-state index in [-0.39, 0.29) is 10.6 Å². The van der Waals surface area contributed by atoms with E-state index in [1.54, 1.807) is 6.34 Å². The molecule has 0 amide bonds. The Balaban J connectivity index is 1.93. The van der Waals surface area contributed by atoms with Crippen molar-refractivity contribution in [3.8, 4) is 0 Å². The number of rotatable bonds is 8. The minimum absolute atomic E-state index is 0.00660. The summed E-state index contributed by atoms with van der Waals surface area (Å²) in [5.41, 5.74) is 0.756. The van der Waals surface area contributed by atoms with E-state index in [0.29, 0.717) is 12.8 Å². The molecule has 1 saturated carbocycles. The van der Waals surface area contributed by atoms with Crippen molar-refractivity contribution in [2.45, 2.75) is 57.4 Å². The van der Waals surface area contributed by atoms with Gasteiger partial charge in [0.25, 0.3) is 0 Å². The molecule has 23 heavy (non-hydrogen) atoms. The number of nitrogens with one attached hydrogen (secondary N) is 1. The maximum Gasteiger partial charge on any atom is 0.306 e. The molecule has 1 aliphatic carbocycles. The van der Waals surface area contributed by atoms with Crippen molar-refractivity contribution >= 4 is 31.1 Å². The summed E-state index contributed by atoms with van der Waals surface area (Å²) in [5, 5.41) is 9.42. The van der Waals surface area contributed by atoms with Crippen molar-refractivity contribution in [2.75, 3.05) is 6.54 Å². The zero-order valence-corrected chi connectivity index (χ0v) is 15.8. The van der Waals surface area contributed by atoms with Gasteiger partial charge in [-0.25, -0.2) is 4.99 Å². The average molecular weight is 358 g/mol.